The molecule has 6 rings (SSSR count). The van der Waals surface area contributed by atoms with Crippen molar-refractivity contribution in [3.63, 3.8) is 0 Å². The van der Waals surface area contributed by atoms with Crippen LogP contribution in [-0.2, 0) is 4.79 Å². The summed E-state index contributed by atoms with van der Waals surface area (Å²) >= 11 is 12.5. The molecule has 2 aromatic heterocycles. The molecule has 3 N–H and O–H groups in total. The number of carbonyl (C=O) groups is 1. The van der Waals surface area contributed by atoms with Gasteiger partial charge in [-0.25, -0.2) is 4.98 Å². The number of anilines is 2. The number of hydrogen-bond acceptors (Lipinski definition) is 6. The average molecular weight is 558 g/mol. The minimum Gasteiger partial charge on any atom is -0.481 e. The lowest BCUT2D eigenvalue weighted by Gasteiger charge is -2.52. The minimum atomic E-state index is -0.657. The molecule has 2 atom stereocenters. The molecule has 1 saturated carbocycles. The number of likely N-dealkylation sites (tertiary alicyclic amines) is 1. The molecule has 0 bridgehead atoms. The van der Waals surface area contributed by atoms with Gasteiger partial charge in [0.1, 0.15) is 5.52 Å². The summed E-state index contributed by atoms with van der Waals surface area (Å²) < 4.78 is 0. The van der Waals surface area contributed by atoms with Crippen molar-refractivity contribution < 1.29 is 9.90 Å². The van der Waals surface area contributed by atoms with Gasteiger partial charge in [-0.15, -0.1) is 0 Å². The number of halogens is 2. The first-order chi connectivity index (χ1) is 18.2. The van der Waals surface area contributed by atoms with Crippen LogP contribution in [0.2, 0.25) is 10.0 Å². The first kappa shape index (κ1) is 25.7. The largest absolute Gasteiger partial charge is 0.481 e. The molecule has 4 heterocycles. The van der Waals surface area contributed by atoms with E-state index in [0.717, 1.165) is 67.4 Å². The van der Waals surface area contributed by atoms with Gasteiger partial charge in [-0.05, 0) is 81.7 Å². The predicted octanol–water partition coefficient (Wildman–Crippen LogP) is 5.84. The second kappa shape index (κ2) is 9.88. The van der Waals surface area contributed by atoms with Crippen LogP contribution in [0.25, 0.3) is 11.0 Å². The third kappa shape index (κ3) is 4.71. The van der Waals surface area contributed by atoms with E-state index in [-0.39, 0.29) is 6.04 Å². The molecule has 10 heteroatoms. The summed E-state index contributed by atoms with van der Waals surface area (Å²) in [5, 5.41) is 14.2. The molecule has 8 nitrogen and oxygen atoms in total. The third-order valence-electron chi connectivity index (χ3n) is 8.93. The van der Waals surface area contributed by atoms with Crippen LogP contribution < -0.4 is 10.2 Å². The smallest absolute Gasteiger partial charge is 0.309 e. The fourth-order valence-corrected chi connectivity index (χ4v) is 7.03. The molecule has 2 saturated heterocycles. The number of aliphatic carboxylic acids is 1. The zero-order valence-electron chi connectivity index (χ0n) is 21.8. The Balaban J connectivity index is 1.11. The van der Waals surface area contributed by atoms with Crippen LogP contribution in [-0.4, -0.2) is 63.1 Å². The van der Waals surface area contributed by atoms with Gasteiger partial charge in [0.2, 0.25) is 5.95 Å². The summed E-state index contributed by atoms with van der Waals surface area (Å²) in [5.74, 6) is 2.09. The Bertz CT molecular complexity index is 1350. The van der Waals surface area contributed by atoms with Crippen molar-refractivity contribution in [3.05, 3.63) is 46.1 Å². The maximum Gasteiger partial charge on any atom is 0.309 e. The summed E-state index contributed by atoms with van der Waals surface area (Å²) in [6.45, 7) is 8.00. The van der Waals surface area contributed by atoms with Crippen molar-refractivity contribution in [1.82, 2.24) is 19.9 Å². The molecular formula is C28H34Cl2N6O2. The fourth-order valence-electron chi connectivity index (χ4n) is 6.46. The molecule has 202 valence electrons. The van der Waals surface area contributed by atoms with Gasteiger partial charge in [-0.3, -0.25) is 4.79 Å². The molecule has 0 amide bonds. The van der Waals surface area contributed by atoms with Crippen LogP contribution in [0.1, 0.15) is 51.1 Å². The van der Waals surface area contributed by atoms with Gasteiger partial charge in [0.05, 0.1) is 17.0 Å². The number of aromatic amines is 1. The predicted molar refractivity (Wildman–Crippen MR) is 151 cm³/mol. The average Bonchev–Trinajstić information content (AvgIpc) is 3.30. The monoisotopic (exact) mass is 556 g/mol. The van der Waals surface area contributed by atoms with Crippen LogP contribution in [0.5, 0.6) is 0 Å². The molecule has 0 radical (unpaired) electrons. The molecule has 1 unspecified atom stereocenters. The van der Waals surface area contributed by atoms with E-state index in [1.54, 1.807) is 6.07 Å². The first-order valence-corrected chi connectivity index (χ1v) is 14.2. The number of piperidine rings is 1. The maximum absolute atomic E-state index is 11.5. The van der Waals surface area contributed by atoms with Gasteiger partial charge in [0.25, 0.3) is 0 Å². The van der Waals surface area contributed by atoms with Gasteiger partial charge in [0.15, 0.2) is 5.82 Å². The molecule has 3 fully saturated rings. The van der Waals surface area contributed by atoms with E-state index in [1.165, 1.54) is 12.8 Å². The number of fused-ring (bicyclic) bond motifs is 1. The van der Waals surface area contributed by atoms with E-state index in [1.807, 2.05) is 31.3 Å². The second-order valence-electron chi connectivity index (χ2n) is 11.6. The number of H-pyrrole nitrogens is 1. The van der Waals surface area contributed by atoms with E-state index in [0.29, 0.717) is 27.9 Å². The van der Waals surface area contributed by atoms with E-state index < -0.39 is 11.4 Å². The van der Waals surface area contributed by atoms with E-state index in [2.05, 4.69) is 27.0 Å². The number of carboxylic acids is 1. The molecule has 3 aromatic rings. The summed E-state index contributed by atoms with van der Waals surface area (Å²) in [4.78, 5) is 29.4. The summed E-state index contributed by atoms with van der Waals surface area (Å²) in [7, 11) is 0. The molecule has 0 spiro atoms. The SMILES string of the molecule is CC(Nc1nc(N2CC([C@H]3CCCN(C4CC(C)(C(=O)O)C4)C3)C2)nc2cc[nH]c12)c1ccc(Cl)cc1Cl. The fraction of sp³-hybridized carbons (Fsp3) is 0.536. The first-order valence-electron chi connectivity index (χ1n) is 13.5. The Morgan fingerprint density at radius 3 is 2.71 bits per heavy atom. The summed E-state index contributed by atoms with van der Waals surface area (Å²) in [6, 6.07) is 7.87. The molecular weight excluding hydrogens is 523 g/mol. The molecule has 38 heavy (non-hydrogen) atoms. The lowest BCUT2D eigenvalue weighted by Crippen LogP contribution is -2.58. The van der Waals surface area contributed by atoms with Crippen LogP contribution in [0.4, 0.5) is 11.8 Å². The highest BCUT2D eigenvalue weighted by molar-refractivity contribution is 6.35. The topological polar surface area (TPSA) is 97.4 Å². The highest BCUT2D eigenvalue weighted by Crippen LogP contribution is 2.45. The van der Waals surface area contributed by atoms with Crippen molar-refractivity contribution in [3.8, 4) is 0 Å². The number of nitrogens with zero attached hydrogens (tertiary/aromatic N) is 4. The van der Waals surface area contributed by atoms with Crippen molar-refractivity contribution in [2.45, 2.75) is 51.6 Å². The normalized spacial score (nSPS) is 27.1. The lowest BCUT2D eigenvalue weighted by molar-refractivity contribution is -0.158. The van der Waals surface area contributed by atoms with Crippen molar-refractivity contribution in [2.24, 2.45) is 17.3 Å². The van der Waals surface area contributed by atoms with E-state index in [9.17, 15) is 9.90 Å². The van der Waals surface area contributed by atoms with Gasteiger partial charge in [-0.2, -0.15) is 4.98 Å². The second-order valence-corrected chi connectivity index (χ2v) is 12.5. The van der Waals surface area contributed by atoms with E-state index >= 15 is 0 Å². The number of benzene rings is 1. The van der Waals surface area contributed by atoms with Crippen LogP contribution >= 0.6 is 23.2 Å². The van der Waals surface area contributed by atoms with Crippen LogP contribution in [0.3, 0.4) is 0 Å². The quantitative estimate of drug-likeness (QED) is 0.336. The van der Waals surface area contributed by atoms with Crippen LogP contribution in [0.15, 0.2) is 30.5 Å². The molecule has 3 aliphatic rings. The Kier molecular flexibility index (Phi) is 6.69. The molecule has 1 aromatic carbocycles. The highest BCUT2D eigenvalue weighted by Gasteiger charge is 2.49. The van der Waals surface area contributed by atoms with Gasteiger partial charge < -0.3 is 25.2 Å². The van der Waals surface area contributed by atoms with Crippen LogP contribution in [0, 0.1) is 17.3 Å². The standard InChI is InChI=1S/C28H34Cl2N6O2/c1-16(21-6-5-19(29)10-22(21)30)32-25-24-23(7-8-31-24)33-27(34-25)36-14-18(15-36)17-4-3-9-35(13-17)20-11-28(2,12-20)26(37)38/h5-8,10,16-18,20,31H,3-4,9,11-15H2,1-2H3,(H,37,38)(H,32,33,34)/t16?,17-,20?,28?/m0/s1. The van der Waals surface area contributed by atoms with Crippen molar-refractivity contribution in [2.75, 3.05) is 36.4 Å². The Morgan fingerprint density at radius 2 is 1.97 bits per heavy atom. The number of nitrogens with one attached hydrogen (secondary N) is 2. The Hall–Kier alpha value is -2.55. The number of rotatable bonds is 7. The zero-order chi connectivity index (χ0) is 26.6. The van der Waals surface area contributed by atoms with E-state index in [4.69, 9.17) is 33.2 Å². The molecule has 2 aliphatic heterocycles. The number of aromatic nitrogens is 3. The summed E-state index contributed by atoms with van der Waals surface area (Å²) in [5.41, 5.74) is 2.17. The Labute approximate surface area is 232 Å². The van der Waals surface area contributed by atoms with Crippen molar-refractivity contribution in [1.29, 1.82) is 0 Å². The highest BCUT2D eigenvalue weighted by atomic mass is 35.5. The van der Waals surface area contributed by atoms with Gasteiger partial charge >= 0.3 is 5.97 Å². The zero-order valence-corrected chi connectivity index (χ0v) is 23.3. The number of hydrogen-bond donors (Lipinski definition) is 3. The third-order valence-corrected chi connectivity index (χ3v) is 9.49. The van der Waals surface area contributed by atoms with Crippen molar-refractivity contribution >= 4 is 52.0 Å². The Morgan fingerprint density at radius 1 is 1.18 bits per heavy atom. The summed E-state index contributed by atoms with van der Waals surface area (Å²) in [6.07, 6.45) is 5.85. The maximum atomic E-state index is 11.5. The van der Waals surface area contributed by atoms with Gasteiger partial charge in [0, 0.05) is 41.9 Å². The lowest BCUT2D eigenvalue weighted by atomic mass is 9.65. The van der Waals surface area contributed by atoms with Gasteiger partial charge in [-0.1, -0.05) is 29.3 Å². The number of carboxylic acid groups (broad SMARTS) is 1. The molecule has 1 aliphatic carbocycles. The minimum absolute atomic E-state index is 0.0686.